The number of aromatic hydroxyl groups is 1. The molecule has 290 valence electrons. The number of hydrogen-bond donors (Lipinski definition) is 1. The van der Waals surface area contributed by atoms with Crippen LogP contribution in [0.15, 0.2) is 164 Å². The Morgan fingerprint density at radius 1 is 0.579 bits per heavy atom. The third-order valence-electron chi connectivity index (χ3n) is 10.9. The second-order valence-corrected chi connectivity index (χ2v) is 14.9. The lowest BCUT2D eigenvalue weighted by Gasteiger charge is -2.30. The molecule has 0 fully saturated rings. The van der Waals surface area contributed by atoms with Crippen LogP contribution in [0.2, 0.25) is 0 Å². The molecule has 0 atom stereocenters. The van der Waals surface area contributed by atoms with Crippen LogP contribution in [0.25, 0.3) is 10.8 Å². The van der Waals surface area contributed by atoms with E-state index in [-0.39, 0.29) is 23.6 Å². The molecule has 0 saturated heterocycles. The number of aryl methyl sites for hydroxylation is 1. The number of nitrogens with zero attached hydrogens (tertiary/aromatic N) is 2. The van der Waals surface area contributed by atoms with E-state index in [1.807, 2.05) is 109 Å². The molecule has 2 aliphatic carbocycles. The first-order valence-electron chi connectivity index (χ1n) is 20.0. The van der Waals surface area contributed by atoms with Crippen molar-refractivity contribution in [2.24, 2.45) is 0 Å². The lowest BCUT2D eigenvalue weighted by Crippen LogP contribution is -2.40. The number of benzene rings is 6. The van der Waals surface area contributed by atoms with E-state index < -0.39 is 0 Å². The Bertz CT molecular complexity index is 2270. The topological polar surface area (TPSA) is 60.9 Å². The lowest BCUT2D eigenvalue weighted by molar-refractivity contribution is -0.131. The Morgan fingerprint density at radius 3 is 1.56 bits per heavy atom. The van der Waals surface area contributed by atoms with Crippen molar-refractivity contribution in [3.05, 3.63) is 208 Å². The van der Waals surface area contributed by atoms with E-state index in [9.17, 15) is 14.7 Å². The van der Waals surface area contributed by atoms with Gasteiger partial charge >= 0.3 is 0 Å². The van der Waals surface area contributed by atoms with Gasteiger partial charge in [-0.15, -0.1) is 0 Å². The zero-order valence-electron chi connectivity index (χ0n) is 33.6. The molecule has 5 nitrogen and oxygen atoms in total. The molecule has 8 rings (SSSR count). The average molecular weight is 755 g/mol. The summed E-state index contributed by atoms with van der Waals surface area (Å²) in [6.07, 6.45) is 11.6. The first kappa shape index (κ1) is 40.5. The minimum absolute atomic E-state index is 0.0345. The Balaban J connectivity index is 0.000000177. The summed E-state index contributed by atoms with van der Waals surface area (Å²) in [4.78, 5) is 29.9. The van der Waals surface area contributed by atoms with Gasteiger partial charge < -0.3 is 14.9 Å². The molecule has 2 amide bonds. The maximum absolute atomic E-state index is 13.9. The summed E-state index contributed by atoms with van der Waals surface area (Å²) in [7, 11) is 0. The van der Waals surface area contributed by atoms with Gasteiger partial charge in [0.05, 0.1) is 5.56 Å². The lowest BCUT2D eigenvalue weighted by atomic mass is 10.0. The molecule has 0 saturated carbocycles. The maximum atomic E-state index is 13.9. The number of rotatable bonds is 8. The summed E-state index contributed by atoms with van der Waals surface area (Å²) in [5.41, 5.74) is 9.30. The van der Waals surface area contributed by atoms with Crippen LogP contribution >= 0.6 is 0 Å². The second kappa shape index (κ2) is 19.6. The Kier molecular flexibility index (Phi) is 13.9. The van der Waals surface area contributed by atoms with Gasteiger partial charge in [0.15, 0.2) is 0 Å². The quantitative estimate of drug-likeness (QED) is 0.157. The summed E-state index contributed by atoms with van der Waals surface area (Å²) in [6.45, 7) is 8.98. The van der Waals surface area contributed by atoms with Gasteiger partial charge in [-0.3, -0.25) is 9.59 Å². The number of carbonyl (C=O) groups is 2. The molecule has 0 heterocycles. The van der Waals surface area contributed by atoms with Gasteiger partial charge in [0.1, 0.15) is 5.75 Å². The SMILES string of the molecule is C/C=C\C=C/C.CC(=O)N(Cc1ccc(C)cc1)C1Cc2ccccc2C1.O=C(c1c(O)ccc2ccccc12)N(Cc1ccccc1)C1Cc2ccccc2C1. The van der Waals surface area contributed by atoms with Crippen molar-refractivity contribution in [3.63, 3.8) is 0 Å². The fourth-order valence-corrected chi connectivity index (χ4v) is 7.90. The molecule has 0 aromatic heterocycles. The second-order valence-electron chi connectivity index (χ2n) is 14.9. The molecule has 57 heavy (non-hydrogen) atoms. The molecule has 0 radical (unpaired) electrons. The van der Waals surface area contributed by atoms with E-state index in [4.69, 9.17) is 0 Å². The van der Waals surface area contributed by atoms with Crippen LogP contribution in [0.4, 0.5) is 0 Å². The van der Waals surface area contributed by atoms with Gasteiger partial charge in [0, 0.05) is 32.1 Å². The molecule has 0 aliphatic heterocycles. The number of amides is 2. The van der Waals surface area contributed by atoms with Crippen molar-refractivity contribution in [1.82, 2.24) is 9.80 Å². The highest BCUT2D eigenvalue weighted by atomic mass is 16.3. The molecule has 6 aromatic rings. The van der Waals surface area contributed by atoms with Crippen LogP contribution in [0, 0.1) is 6.92 Å². The van der Waals surface area contributed by atoms with Crippen molar-refractivity contribution < 1.29 is 14.7 Å². The van der Waals surface area contributed by atoms with Crippen LogP contribution < -0.4 is 0 Å². The maximum Gasteiger partial charge on any atom is 0.258 e. The molecular formula is C52H54N2O3. The Hall–Kier alpha value is -6.20. The summed E-state index contributed by atoms with van der Waals surface area (Å²) in [5, 5.41) is 12.4. The van der Waals surface area contributed by atoms with Gasteiger partial charge in [0.2, 0.25) is 5.91 Å². The van der Waals surface area contributed by atoms with E-state index in [2.05, 4.69) is 79.7 Å². The van der Waals surface area contributed by atoms with Crippen molar-refractivity contribution in [2.75, 3.05) is 0 Å². The Labute approximate surface area is 338 Å². The van der Waals surface area contributed by atoms with Crippen molar-refractivity contribution >= 4 is 22.6 Å². The van der Waals surface area contributed by atoms with Crippen LogP contribution in [0.3, 0.4) is 0 Å². The van der Waals surface area contributed by atoms with Gasteiger partial charge in [-0.25, -0.2) is 0 Å². The molecule has 0 unspecified atom stereocenters. The van der Waals surface area contributed by atoms with Gasteiger partial charge in [0.25, 0.3) is 5.91 Å². The third kappa shape index (κ3) is 10.4. The van der Waals surface area contributed by atoms with Crippen molar-refractivity contribution in [2.45, 2.75) is 78.6 Å². The fraction of sp³-hybridized carbons (Fsp3) is 0.231. The highest BCUT2D eigenvalue weighted by Gasteiger charge is 2.32. The zero-order valence-corrected chi connectivity index (χ0v) is 33.6. The van der Waals surface area contributed by atoms with E-state index in [1.165, 1.54) is 33.4 Å². The zero-order chi connectivity index (χ0) is 40.1. The number of phenolic OH excluding ortho intramolecular Hbond substituents is 1. The van der Waals surface area contributed by atoms with E-state index in [0.717, 1.165) is 42.0 Å². The van der Waals surface area contributed by atoms with E-state index in [0.29, 0.717) is 24.7 Å². The molecule has 5 heteroatoms. The van der Waals surface area contributed by atoms with E-state index in [1.54, 1.807) is 13.0 Å². The van der Waals surface area contributed by atoms with Crippen LogP contribution in [-0.4, -0.2) is 38.8 Å². The van der Waals surface area contributed by atoms with Gasteiger partial charge in [-0.2, -0.15) is 0 Å². The standard InChI is InChI=1S/C27H23NO2.C19H21NO.C6H10/c29-25-15-14-20-10-6-7-13-24(20)26(25)27(30)28(18-19-8-2-1-3-9-19)23-16-21-11-4-5-12-22(21)17-23;1-14-7-9-16(10-8-14)13-20(15(2)21)19-11-17-5-3-4-6-18(17)12-19;1-3-5-6-4-2/h1-15,23,29H,16-18H2;3-10,19H,11-13H2,1-2H3;3-6H,1-2H3/b;;5-3-,6-4-. The summed E-state index contributed by atoms with van der Waals surface area (Å²) in [6, 6.07) is 47.0. The number of phenols is 1. The molecule has 1 N–H and O–H groups in total. The summed E-state index contributed by atoms with van der Waals surface area (Å²) < 4.78 is 0. The Morgan fingerprint density at radius 2 is 1.04 bits per heavy atom. The number of carbonyl (C=O) groups excluding carboxylic acids is 2. The smallest absolute Gasteiger partial charge is 0.258 e. The van der Waals surface area contributed by atoms with Crippen molar-refractivity contribution in [1.29, 1.82) is 0 Å². The summed E-state index contributed by atoms with van der Waals surface area (Å²) in [5.74, 6) is 0.0756. The minimum Gasteiger partial charge on any atom is -0.507 e. The fourth-order valence-electron chi connectivity index (χ4n) is 7.90. The van der Waals surface area contributed by atoms with Crippen molar-refractivity contribution in [3.8, 4) is 5.75 Å². The molecule has 0 bridgehead atoms. The monoisotopic (exact) mass is 754 g/mol. The molecular weight excluding hydrogens is 701 g/mol. The van der Waals surface area contributed by atoms with E-state index >= 15 is 0 Å². The molecule has 2 aliphatic rings. The van der Waals surface area contributed by atoms with Crippen LogP contribution in [0.5, 0.6) is 5.75 Å². The first-order chi connectivity index (χ1) is 27.7. The minimum atomic E-state index is -0.119. The van der Waals surface area contributed by atoms with Gasteiger partial charge in [-0.05, 0) is 96.7 Å². The average Bonchev–Trinajstić information content (AvgIpc) is 3.87. The van der Waals surface area contributed by atoms with Crippen LogP contribution in [-0.2, 0) is 43.6 Å². The predicted octanol–water partition coefficient (Wildman–Crippen LogP) is 11.0. The number of allylic oxidation sites excluding steroid dienone is 4. The summed E-state index contributed by atoms with van der Waals surface area (Å²) >= 11 is 0. The number of fused-ring (bicyclic) bond motifs is 3. The normalized spacial score (nSPS) is 13.4. The van der Waals surface area contributed by atoms with Gasteiger partial charge in [-0.1, -0.05) is 163 Å². The molecule has 0 spiro atoms. The molecule has 6 aromatic carbocycles. The first-order valence-corrected chi connectivity index (χ1v) is 20.0. The van der Waals surface area contributed by atoms with Crippen LogP contribution in [0.1, 0.15) is 70.1 Å². The predicted molar refractivity (Wildman–Crippen MR) is 234 cm³/mol. The largest absolute Gasteiger partial charge is 0.507 e. The third-order valence-corrected chi connectivity index (χ3v) is 10.9. The highest BCUT2D eigenvalue weighted by Crippen LogP contribution is 2.33. The highest BCUT2D eigenvalue weighted by molar-refractivity contribution is 6.09. The number of hydrogen-bond acceptors (Lipinski definition) is 3.